The molecule has 3 heteroatoms. The van der Waals surface area contributed by atoms with E-state index in [0.29, 0.717) is 0 Å². The zero-order chi connectivity index (χ0) is 10.7. The number of benzene rings is 1. The topological polar surface area (TPSA) is 4.44 Å². The zero-order valence-corrected chi connectivity index (χ0v) is 12.3. The second-order valence-corrected chi connectivity index (χ2v) is 4.57. The van der Waals surface area contributed by atoms with Gasteiger partial charge in [-0.3, -0.25) is 0 Å². The average Bonchev–Trinajstić information content (AvgIpc) is 2.30. The molecule has 1 atom stereocenters. The molecule has 98 valence electrons. The van der Waals surface area contributed by atoms with Crippen LogP contribution in [0.5, 0.6) is 0 Å². The van der Waals surface area contributed by atoms with Gasteiger partial charge in [0, 0.05) is 12.8 Å². The van der Waals surface area contributed by atoms with Crippen molar-refractivity contribution in [3.63, 3.8) is 0 Å². The van der Waals surface area contributed by atoms with Crippen LogP contribution >= 0.6 is 12.4 Å². The van der Waals surface area contributed by atoms with E-state index in [0.717, 1.165) is 6.04 Å². The lowest BCUT2D eigenvalue weighted by Crippen LogP contribution is -3.15. The maximum absolute atomic E-state index is 2.31. The Morgan fingerprint density at radius 3 is 2.29 bits per heavy atom. The van der Waals surface area contributed by atoms with Crippen molar-refractivity contribution in [2.75, 3.05) is 13.1 Å². The Bertz CT molecular complexity index is 324. The summed E-state index contributed by atoms with van der Waals surface area (Å²) in [5.74, 6) is 0. The number of quaternary nitrogens is 1. The molecule has 1 unspecified atom stereocenters. The SMILES string of the molecule is CC[NH+](CC)C1CCc2ccccc2C1.Cl.[Cl-]. The lowest BCUT2D eigenvalue weighted by molar-refractivity contribution is -0.922. The van der Waals surface area contributed by atoms with Crippen molar-refractivity contribution in [1.29, 1.82) is 0 Å². The highest BCUT2D eigenvalue weighted by atomic mass is 35.5. The molecule has 0 radical (unpaired) electrons. The van der Waals surface area contributed by atoms with Crippen molar-refractivity contribution in [2.45, 2.75) is 39.2 Å². The third-order valence-electron chi connectivity index (χ3n) is 3.83. The molecule has 0 saturated carbocycles. The Morgan fingerprint density at radius 1 is 1.12 bits per heavy atom. The highest BCUT2D eigenvalue weighted by molar-refractivity contribution is 5.85. The summed E-state index contributed by atoms with van der Waals surface area (Å²) in [6.45, 7) is 7.14. The average molecular weight is 276 g/mol. The quantitative estimate of drug-likeness (QED) is 0.714. The van der Waals surface area contributed by atoms with Gasteiger partial charge in [0.2, 0.25) is 0 Å². The van der Waals surface area contributed by atoms with Gasteiger partial charge in [0.05, 0.1) is 19.1 Å². The van der Waals surface area contributed by atoms with E-state index in [1.54, 1.807) is 16.0 Å². The zero-order valence-electron chi connectivity index (χ0n) is 10.7. The van der Waals surface area contributed by atoms with Gasteiger partial charge in [0.25, 0.3) is 0 Å². The molecule has 0 amide bonds. The van der Waals surface area contributed by atoms with Crippen molar-refractivity contribution >= 4 is 12.4 Å². The van der Waals surface area contributed by atoms with E-state index >= 15 is 0 Å². The number of hydrogen-bond acceptors (Lipinski definition) is 0. The van der Waals surface area contributed by atoms with Gasteiger partial charge < -0.3 is 17.3 Å². The summed E-state index contributed by atoms with van der Waals surface area (Å²) < 4.78 is 0. The van der Waals surface area contributed by atoms with Crippen LogP contribution in [0.3, 0.4) is 0 Å². The monoisotopic (exact) mass is 275 g/mol. The van der Waals surface area contributed by atoms with E-state index in [1.807, 2.05) is 0 Å². The fourth-order valence-corrected chi connectivity index (χ4v) is 2.87. The minimum absolute atomic E-state index is 0. The van der Waals surface area contributed by atoms with Crippen molar-refractivity contribution in [2.24, 2.45) is 0 Å². The second-order valence-electron chi connectivity index (χ2n) is 4.57. The van der Waals surface area contributed by atoms with Gasteiger partial charge in [-0.2, -0.15) is 0 Å². The fourth-order valence-electron chi connectivity index (χ4n) is 2.87. The van der Waals surface area contributed by atoms with Crippen LogP contribution in [0, 0.1) is 0 Å². The van der Waals surface area contributed by atoms with Gasteiger partial charge in [-0.15, -0.1) is 12.4 Å². The van der Waals surface area contributed by atoms with E-state index in [9.17, 15) is 0 Å². The molecule has 1 aromatic rings. The number of rotatable bonds is 3. The van der Waals surface area contributed by atoms with Crippen LogP contribution in [0.25, 0.3) is 0 Å². The Hall–Kier alpha value is -0.240. The van der Waals surface area contributed by atoms with Gasteiger partial charge >= 0.3 is 0 Å². The third kappa shape index (κ3) is 3.87. The molecule has 1 N–H and O–H groups in total. The van der Waals surface area contributed by atoms with E-state index in [-0.39, 0.29) is 24.8 Å². The van der Waals surface area contributed by atoms with Gasteiger partial charge in [-0.05, 0) is 31.4 Å². The Kier molecular flexibility index (Phi) is 7.85. The first kappa shape index (κ1) is 16.8. The van der Waals surface area contributed by atoms with Crippen molar-refractivity contribution < 1.29 is 17.3 Å². The standard InChI is InChI=1S/C14H21N.2ClH/c1-3-15(4-2)14-10-9-12-7-5-6-8-13(12)11-14;;/h5-8,14H,3-4,9-11H2,1-2H3;2*1H. The minimum Gasteiger partial charge on any atom is -1.00 e. The Labute approximate surface area is 117 Å². The molecular weight excluding hydrogens is 253 g/mol. The number of halogens is 2. The summed E-state index contributed by atoms with van der Waals surface area (Å²) in [5, 5.41) is 0. The molecule has 0 spiro atoms. The number of hydrogen-bond donors (Lipinski definition) is 1. The van der Waals surface area contributed by atoms with Crippen LogP contribution in [0.15, 0.2) is 24.3 Å². The second kappa shape index (κ2) is 7.97. The Balaban J connectivity index is 0.00000128. The Morgan fingerprint density at radius 2 is 1.71 bits per heavy atom. The summed E-state index contributed by atoms with van der Waals surface area (Å²) >= 11 is 0. The number of aryl methyl sites for hydroxylation is 1. The van der Waals surface area contributed by atoms with Crippen molar-refractivity contribution in [3.8, 4) is 0 Å². The maximum Gasteiger partial charge on any atom is 0.0918 e. The normalized spacial score (nSPS) is 17.9. The maximum atomic E-state index is 2.31. The van der Waals surface area contributed by atoms with Crippen LogP contribution in [0.2, 0.25) is 0 Å². The number of fused-ring (bicyclic) bond motifs is 1. The molecule has 1 aromatic carbocycles. The molecule has 1 aliphatic carbocycles. The van der Waals surface area contributed by atoms with E-state index in [2.05, 4.69) is 38.1 Å². The fraction of sp³-hybridized carbons (Fsp3) is 0.571. The molecular formula is C14H23Cl2N. The van der Waals surface area contributed by atoms with Crippen LogP contribution < -0.4 is 17.3 Å². The molecule has 1 nitrogen and oxygen atoms in total. The molecule has 0 bridgehead atoms. The molecule has 1 aliphatic rings. The van der Waals surface area contributed by atoms with E-state index in [4.69, 9.17) is 0 Å². The summed E-state index contributed by atoms with van der Waals surface area (Å²) in [6, 6.07) is 9.81. The highest BCUT2D eigenvalue weighted by Gasteiger charge is 2.24. The molecule has 2 rings (SSSR count). The van der Waals surface area contributed by atoms with Gasteiger partial charge in [0.15, 0.2) is 0 Å². The lowest BCUT2D eigenvalue weighted by atomic mass is 9.87. The van der Waals surface area contributed by atoms with Gasteiger partial charge in [-0.25, -0.2) is 0 Å². The molecule has 0 aliphatic heterocycles. The summed E-state index contributed by atoms with van der Waals surface area (Å²) in [7, 11) is 0. The van der Waals surface area contributed by atoms with Crippen LogP contribution in [-0.4, -0.2) is 19.1 Å². The molecule has 0 aromatic heterocycles. The first-order chi connectivity index (χ1) is 7.35. The predicted molar refractivity (Wildman–Crippen MR) is 71.5 cm³/mol. The molecule has 0 heterocycles. The number of likely N-dealkylation sites (N-methyl/N-ethyl adjacent to an activating group) is 1. The third-order valence-corrected chi connectivity index (χ3v) is 3.83. The van der Waals surface area contributed by atoms with Gasteiger partial charge in [0.1, 0.15) is 0 Å². The summed E-state index contributed by atoms with van der Waals surface area (Å²) in [6.07, 6.45) is 3.94. The van der Waals surface area contributed by atoms with Crippen LogP contribution in [0.1, 0.15) is 31.4 Å². The van der Waals surface area contributed by atoms with Gasteiger partial charge in [-0.1, -0.05) is 24.3 Å². The van der Waals surface area contributed by atoms with Crippen LogP contribution in [0.4, 0.5) is 0 Å². The predicted octanol–water partition coefficient (Wildman–Crippen LogP) is -1.11. The van der Waals surface area contributed by atoms with E-state index < -0.39 is 0 Å². The molecule has 17 heavy (non-hydrogen) atoms. The van der Waals surface area contributed by atoms with Crippen molar-refractivity contribution in [1.82, 2.24) is 0 Å². The summed E-state index contributed by atoms with van der Waals surface area (Å²) in [4.78, 5) is 1.77. The highest BCUT2D eigenvalue weighted by Crippen LogP contribution is 2.19. The molecule has 0 fully saturated rings. The lowest BCUT2D eigenvalue weighted by Gasteiger charge is -2.30. The first-order valence-corrected chi connectivity index (χ1v) is 6.26. The summed E-state index contributed by atoms with van der Waals surface area (Å²) in [5.41, 5.74) is 3.17. The van der Waals surface area contributed by atoms with Crippen LogP contribution in [-0.2, 0) is 12.8 Å². The largest absolute Gasteiger partial charge is 1.00 e. The first-order valence-electron chi connectivity index (χ1n) is 6.26. The smallest absolute Gasteiger partial charge is 0.0918 e. The van der Waals surface area contributed by atoms with E-state index in [1.165, 1.54) is 32.4 Å². The minimum atomic E-state index is 0. The molecule has 0 saturated heterocycles. The van der Waals surface area contributed by atoms with Crippen molar-refractivity contribution in [3.05, 3.63) is 35.4 Å². The number of nitrogens with one attached hydrogen (secondary N) is 1.